The van der Waals surface area contributed by atoms with Gasteiger partial charge in [0.1, 0.15) is 11.5 Å². The van der Waals surface area contributed by atoms with Crippen molar-refractivity contribution in [3.05, 3.63) is 23.8 Å². The summed E-state index contributed by atoms with van der Waals surface area (Å²) in [4.78, 5) is 0. The van der Waals surface area contributed by atoms with Crippen molar-refractivity contribution < 1.29 is 9.47 Å². The molecule has 0 unspecified atom stereocenters. The van der Waals surface area contributed by atoms with E-state index in [2.05, 4.69) is 17.8 Å². The Balaban J connectivity index is 2.09. The fourth-order valence-electron chi connectivity index (χ4n) is 4.61. The Hall–Kier alpha value is -0.460. The van der Waals surface area contributed by atoms with Gasteiger partial charge in [0.2, 0.25) is 0 Å². The first-order valence-corrected chi connectivity index (χ1v) is 11.2. The molecule has 3 rings (SSSR count). The summed E-state index contributed by atoms with van der Waals surface area (Å²) in [6, 6.07) is 6.42. The van der Waals surface area contributed by atoms with Crippen molar-refractivity contribution in [3.8, 4) is 11.5 Å². The van der Waals surface area contributed by atoms with Crippen LogP contribution in [0.3, 0.4) is 0 Å². The first-order valence-electron chi connectivity index (χ1n) is 8.81. The Morgan fingerprint density at radius 2 is 1.30 bits per heavy atom. The van der Waals surface area contributed by atoms with E-state index >= 15 is 0 Å². The summed E-state index contributed by atoms with van der Waals surface area (Å²) in [6.07, 6.45) is 10.7. The van der Waals surface area contributed by atoms with Gasteiger partial charge in [0.25, 0.3) is 0 Å². The molecule has 0 saturated heterocycles. The Kier molecular flexibility index (Phi) is 5.75. The Morgan fingerprint density at radius 1 is 0.870 bits per heavy atom. The molecule has 1 aromatic carbocycles. The maximum absolute atomic E-state index is 6.65. The van der Waals surface area contributed by atoms with E-state index in [1.54, 1.807) is 14.2 Å². The molecule has 0 N–H and O–H groups in total. The average Bonchev–Trinajstić information content (AvgIpc) is 3.30. The largest absolute Gasteiger partial charge is 0.496 e. The summed E-state index contributed by atoms with van der Waals surface area (Å²) in [5, 5.41) is 1.39. The van der Waals surface area contributed by atoms with Crippen LogP contribution in [-0.4, -0.2) is 25.5 Å². The van der Waals surface area contributed by atoms with Gasteiger partial charge in [-0.05, 0) is 51.4 Å². The first kappa shape index (κ1) is 17.4. The second-order valence-electron chi connectivity index (χ2n) is 6.88. The van der Waals surface area contributed by atoms with Crippen LogP contribution in [0.15, 0.2) is 18.2 Å². The molecule has 0 amide bonds. The summed E-state index contributed by atoms with van der Waals surface area (Å²) in [5.41, 5.74) is 3.60. The number of rotatable bonds is 6. The molecule has 0 heterocycles. The Bertz CT molecular complexity index is 484. The standard InChI is InChI=1S/C19H28ClO2P/c1-21-15-11-16(22-2)13-19(12-15)23(14-20,17-7-3-4-8-17)18-9-5-6-10-18/h11-14,17-18H,3-10H2,1-2H3. The van der Waals surface area contributed by atoms with Gasteiger partial charge in [-0.1, -0.05) is 12.9 Å². The van der Waals surface area contributed by atoms with Crippen LogP contribution in [0.25, 0.3) is 0 Å². The molecular formula is C19H28ClO2P. The summed E-state index contributed by atoms with van der Waals surface area (Å²) < 4.78 is 11.1. The zero-order valence-electron chi connectivity index (χ0n) is 14.3. The van der Waals surface area contributed by atoms with Crippen molar-refractivity contribution in [2.75, 3.05) is 14.2 Å². The molecule has 2 nitrogen and oxygen atoms in total. The van der Waals surface area contributed by atoms with Gasteiger partial charge in [-0.25, -0.2) is 0 Å². The summed E-state index contributed by atoms with van der Waals surface area (Å²) in [7, 11) is 1.94. The van der Waals surface area contributed by atoms with Crippen molar-refractivity contribution in [2.45, 2.75) is 62.7 Å². The van der Waals surface area contributed by atoms with Crippen molar-refractivity contribution in [2.24, 2.45) is 0 Å². The van der Waals surface area contributed by atoms with Crippen molar-refractivity contribution in [3.63, 3.8) is 0 Å². The minimum atomic E-state index is -1.52. The first-order chi connectivity index (χ1) is 11.2. The molecule has 2 saturated carbocycles. The highest BCUT2D eigenvalue weighted by molar-refractivity contribution is 7.87. The van der Waals surface area contributed by atoms with Gasteiger partial charge in [0.05, 0.1) is 19.5 Å². The predicted octanol–water partition coefficient (Wildman–Crippen LogP) is 5.59. The van der Waals surface area contributed by atoms with Gasteiger partial charge in [-0.2, -0.15) is 0 Å². The number of halogens is 1. The zero-order valence-corrected chi connectivity index (χ0v) is 15.9. The second kappa shape index (κ2) is 7.62. The van der Waals surface area contributed by atoms with Gasteiger partial charge in [0, 0.05) is 29.5 Å². The lowest BCUT2D eigenvalue weighted by molar-refractivity contribution is 0.395. The van der Waals surface area contributed by atoms with E-state index < -0.39 is 7.26 Å². The lowest BCUT2D eigenvalue weighted by Gasteiger charge is -2.43. The molecule has 0 atom stereocenters. The van der Waals surface area contributed by atoms with E-state index in [4.69, 9.17) is 21.1 Å². The maximum atomic E-state index is 6.65. The molecule has 0 radical (unpaired) electrons. The van der Waals surface area contributed by atoms with E-state index in [1.807, 2.05) is 6.07 Å². The average molecular weight is 355 g/mol. The van der Waals surface area contributed by atoms with Crippen LogP contribution in [0.2, 0.25) is 0 Å². The summed E-state index contributed by atoms with van der Waals surface area (Å²) >= 11 is 6.65. The molecule has 2 aliphatic carbocycles. The predicted molar refractivity (Wildman–Crippen MR) is 101 cm³/mol. The molecule has 2 fully saturated rings. The maximum Gasteiger partial charge on any atom is 0.126 e. The Labute approximate surface area is 146 Å². The van der Waals surface area contributed by atoms with Crippen molar-refractivity contribution in [1.82, 2.24) is 0 Å². The third kappa shape index (κ3) is 3.22. The van der Waals surface area contributed by atoms with E-state index in [1.165, 1.54) is 56.7 Å². The third-order valence-corrected chi connectivity index (χ3v) is 11.7. The SMILES string of the molecule is COc1cc(OC)cc([P+]([CH-]Cl)(C2CCCC2)C2CCCC2)c1. The molecule has 23 heavy (non-hydrogen) atoms. The molecule has 2 aliphatic rings. The lowest BCUT2D eigenvalue weighted by Crippen LogP contribution is -2.29. The molecule has 0 aromatic heterocycles. The number of methoxy groups -OCH3 is 2. The monoisotopic (exact) mass is 354 g/mol. The highest BCUT2D eigenvalue weighted by Crippen LogP contribution is 2.75. The smallest absolute Gasteiger partial charge is 0.126 e. The van der Waals surface area contributed by atoms with E-state index in [0.29, 0.717) is 0 Å². The van der Waals surface area contributed by atoms with Crippen LogP contribution in [0.5, 0.6) is 11.5 Å². The molecule has 4 heteroatoms. The van der Waals surface area contributed by atoms with Crippen LogP contribution in [0.1, 0.15) is 51.4 Å². The van der Waals surface area contributed by atoms with Crippen LogP contribution < -0.4 is 14.8 Å². The number of benzene rings is 1. The summed E-state index contributed by atoms with van der Waals surface area (Å²) in [6.45, 7) is 0. The van der Waals surface area contributed by atoms with Crippen LogP contribution in [-0.2, 0) is 0 Å². The Morgan fingerprint density at radius 3 is 1.65 bits per heavy atom. The van der Waals surface area contributed by atoms with E-state index in [0.717, 1.165) is 22.8 Å². The van der Waals surface area contributed by atoms with Crippen molar-refractivity contribution >= 4 is 24.2 Å². The lowest BCUT2D eigenvalue weighted by atomic mass is 10.3. The van der Waals surface area contributed by atoms with Gasteiger partial charge in [-0.3, -0.25) is 0 Å². The molecule has 0 aliphatic heterocycles. The van der Waals surface area contributed by atoms with E-state index in [9.17, 15) is 0 Å². The van der Waals surface area contributed by atoms with Gasteiger partial charge < -0.3 is 21.1 Å². The molecular weight excluding hydrogens is 327 g/mol. The topological polar surface area (TPSA) is 18.5 Å². The molecule has 0 spiro atoms. The minimum Gasteiger partial charge on any atom is -0.496 e. The highest BCUT2D eigenvalue weighted by atomic mass is 35.5. The fourth-order valence-corrected chi connectivity index (χ4v) is 10.9. The number of hydrogen-bond acceptors (Lipinski definition) is 2. The van der Waals surface area contributed by atoms with Crippen LogP contribution >= 0.6 is 18.9 Å². The third-order valence-electron chi connectivity index (χ3n) is 5.80. The molecule has 0 bridgehead atoms. The molecule has 128 valence electrons. The van der Waals surface area contributed by atoms with Crippen molar-refractivity contribution in [1.29, 1.82) is 0 Å². The molecule has 1 aromatic rings. The van der Waals surface area contributed by atoms with Crippen LogP contribution in [0, 0.1) is 5.62 Å². The second-order valence-corrected chi connectivity index (χ2v) is 11.3. The minimum absolute atomic E-state index is 0.750. The highest BCUT2D eigenvalue weighted by Gasteiger charge is 2.48. The summed E-state index contributed by atoms with van der Waals surface area (Å²) in [5.74, 6) is 1.77. The normalized spacial score (nSPS) is 20.1. The van der Waals surface area contributed by atoms with Gasteiger partial charge in [0.15, 0.2) is 0 Å². The quantitative estimate of drug-likeness (QED) is 0.489. The van der Waals surface area contributed by atoms with Gasteiger partial charge >= 0.3 is 0 Å². The fraction of sp³-hybridized carbons (Fsp3) is 0.632. The number of ether oxygens (including phenoxy) is 2. The zero-order chi connectivity index (χ0) is 16.3. The van der Waals surface area contributed by atoms with Crippen LogP contribution in [0.4, 0.5) is 0 Å². The number of hydrogen-bond donors (Lipinski definition) is 0. The van der Waals surface area contributed by atoms with Gasteiger partial charge in [-0.15, -0.1) is 0 Å². The van der Waals surface area contributed by atoms with E-state index in [-0.39, 0.29) is 0 Å².